The summed E-state index contributed by atoms with van der Waals surface area (Å²) < 4.78 is 5.85. The number of hydrogen-bond donors (Lipinski definition) is 2. The predicted molar refractivity (Wildman–Crippen MR) is 100 cm³/mol. The number of primary amides is 1. The third kappa shape index (κ3) is 4.68. The summed E-state index contributed by atoms with van der Waals surface area (Å²) in [6.07, 6.45) is 1.69. The van der Waals surface area contributed by atoms with Crippen LogP contribution >= 0.6 is 0 Å². The van der Waals surface area contributed by atoms with Crippen molar-refractivity contribution in [1.29, 1.82) is 0 Å². The molecule has 0 aliphatic rings. The van der Waals surface area contributed by atoms with Crippen molar-refractivity contribution in [2.75, 3.05) is 0 Å². The largest absolute Gasteiger partial charge is 0.473 e. The maximum atomic E-state index is 11.8. The number of hydrogen-bond acceptors (Lipinski definition) is 4. The number of carbonyl (C=O) groups excluding carboxylic acids is 1. The minimum atomic E-state index is -0.571. The molecule has 3 rings (SSSR count). The lowest BCUT2D eigenvalue weighted by atomic mass is 10.1. The van der Waals surface area contributed by atoms with Crippen molar-refractivity contribution < 1.29 is 9.53 Å². The van der Waals surface area contributed by atoms with E-state index in [1.165, 1.54) is 0 Å². The van der Waals surface area contributed by atoms with Crippen LogP contribution in [0.25, 0.3) is 0 Å². The molecule has 1 heterocycles. The number of ether oxygens (including phenoxy) is 1. The highest BCUT2D eigenvalue weighted by Crippen LogP contribution is 2.18. The number of aromatic nitrogens is 1. The highest BCUT2D eigenvalue weighted by Gasteiger charge is 2.17. The van der Waals surface area contributed by atoms with Gasteiger partial charge in [-0.05, 0) is 17.2 Å². The SMILES string of the molecule is NC(=O)[C@@H](NCc1cccnc1OCc1ccccc1)c1ccccc1. The highest BCUT2D eigenvalue weighted by atomic mass is 16.5. The number of pyridine rings is 1. The molecule has 3 aromatic rings. The molecule has 3 N–H and O–H groups in total. The number of rotatable bonds is 8. The molecule has 0 saturated heterocycles. The van der Waals surface area contributed by atoms with Gasteiger partial charge in [-0.1, -0.05) is 66.7 Å². The molecule has 0 radical (unpaired) electrons. The molecule has 1 aromatic heterocycles. The molecule has 5 nitrogen and oxygen atoms in total. The van der Waals surface area contributed by atoms with Gasteiger partial charge in [0.1, 0.15) is 12.6 Å². The zero-order chi connectivity index (χ0) is 18.2. The van der Waals surface area contributed by atoms with Gasteiger partial charge in [-0.25, -0.2) is 4.98 Å². The molecule has 2 aromatic carbocycles. The first-order valence-corrected chi connectivity index (χ1v) is 8.42. The maximum Gasteiger partial charge on any atom is 0.239 e. The molecule has 1 atom stereocenters. The van der Waals surface area contributed by atoms with E-state index < -0.39 is 11.9 Å². The summed E-state index contributed by atoms with van der Waals surface area (Å²) >= 11 is 0. The average Bonchev–Trinajstić information content (AvgIpc) is 2.69. The lowest BCUT2D eigenvalue weighted by Crippen LogP contribution is -2.33. The second-order valence-corrected chi connectivity index (χ2v) is 5.87. The van der Waals surface area contributed by atoms with E-state index in [9.17, 15) is 4.79 Å². The summed E-state index contributed by atoms with van der Waals surface area (Å²) in [6, 6.07) is 22.5. The monoisotopic (exact) mass is 347 g/mol. The Morgan fingerprint density at radius 2 is 1.69 bits per heavy atom. The van der Waals surface area contributed by atoms with Crippen molar-refractivity contribution in [1.82, 2.24) is 10.3 Å². The number of nitrogens with zero attached hydrogens (tertiary/aromatic N) is 1. The van der Waals surface area contributed by atoms with Gasteiger partial charge < -0.3 is 10.5 Å². The second kappa shape index (κ2) is 8.78. The van der Waals surface area contributed by atoms with Crippen molar-refractivity contribution in [2.45, 2.75) is 19.2 Å². The Labute approximate surface area is 152 Å². The minimum absolute atomic E-state index is 0.417. The van der Waals surface area contributed by atoms with E-state index in [4.69, 9.17) is 10.5 Å². The smallest absolute Gasteiger partial charge is 0.239 e. The normalized spacial score (nSPS) is 11.7. The highest BCUT2D eigenvalue weighted by molar-refractivity contribution is 5.81. The van der Waals surface area contributed by atoms with E-state index in [-0.39, 0.29) is 0 Å². The fraction of sp³-hybridized carbons (Fsp3) is 0.143. The van der Waals surface area contributed by atoms with Gasteiger partial charge in [-0.2, -0.15) is 0 Å². The molecule has 0 saturated carbocycles. The summed E-state index contributed by atoms with van der Waals surface area (Å²) in [4.78, 5) is 16.1. The number of nitrogens with one attached hydrogen (secondary N) is 1. The van der Waals surface area contributed by atoms with Gasteiger partial charge in [0.05, 0.1) is 0 Å². The van der Waals surface area contributed by atoms with Crippen molar-refractivity contribution in [3.05, 3.63) is 95.7 Å². The Morgan fingerprint density at radius 3 is 2.38 bits per heavy atom. The van der Waals surface area contributed by atoms with Gasteiger partial charge in [-0.15, -0.1) is 0 Å². The number of amides is 1. The lowest BCUT2D eigenvalue weighted by molar-refractivity contribution is -0.120. The van der Waals surface area contributed by atoms with Gasteiger partial charge in [-0.3, -0.25) is 10.1 Å². The van der Waals surface area contributed by atoms with E-state index >= 15 is 0 Å². The third-order valence-electron chi connectivity index (χ3n) is 3.98. The molecular weight excluding hydrogens is 326 g/mol. The minimum Gasteiger partial charge on any atom is -0.473 e. The molecule has 0 spiro atoms. The lowest BCUT2D eigenvalue weighted by Gasteiger charge is -2.17. The van der Waals surface area contributed by atoms with Crippen molar-refractivity contribution in [3.63, 3.8) is 0 Å². The van der Waals surface area contributed by atoms with Crippen molar-refractivity contribution in [3.8, 4) is 5.88 Å². The Morgan fingerprint density at radius 1 is 1.00 bits per heavy atom. The van der Waals surface area contributed by atoms with Gasteiger partial charge >= 0.3 is 0 Å². The maximum absolute atomic E-state index is 11.8. The van der Waals surface area contributed by atoms with Crippen LogP contribution in [-0.4, -0.2) is 10.9 Å². The summed E-state index contributed by atoms with van der Waals surface area (Å²) in [5.74, 6) is 0.118. The van der Waals surface area contributed by atoms with Crippen LogP contribution in [0.3, 0.4) is 0 Å². The Bertz CT molecular complexity index is 838. The van der Waals surface area contributed by atoms with Gasteiger partial charge in [0.15, 0.2) is 0 Å². The summed E-state index contributed by atoms with van der Waals surface area (Å²) in [6.45, 7) is 0.850. The van der Waals surface area contributed by atoms with Crippen LogP contribution < -0.4 is 15.8 Å². The van der Waals surface area contributed by atoms with E-state index in [1.54, 1.807) is 6.20 Å². The Balaban J connectivity index is 1.68. The first-order chi connectivity index (χ1) is 12.7. The second-order valence-electron chi connectivity index (χ2n) is 5.87. The van der Waals surface area contributed by atoms with Crippen LogP contribution in [0.15, 0.2) is 79.0 Å². The zero-order valence-corrected chi connectivity index (χ0v) is 14.3. The summed E-state index contributed by atoms with van der Waals surface area (Å²) in [5, 5.41) is 3.20. The molecule has 26 heavy (non-hydrogen) atoms. The molecule has 0 bridgehead atoms. The number of benzene rings is 2. The van der Waals surface area contributed by atoms with Crippen LogP contribution in [0.1, 0.15) is 22.7 Å². The fourth-order valence-corrected chi connectivity index (χ4v) is 2.65. The average molecular weight is 347 g/mol. The van der Waals surface area contributed by atoms with Crippen LogP contribution in [0.4, 0.5) is 0 Å². The van der Waals surface area contributed by atoms with E-state index in [0.717, 1.165) is 16.7 Å². The van der Waals surface area contributed by atoms with Gasteiger partial charge in [0.2, 0.25) is 11.8 Å². The first-order valence-electron chi connectivity index (χ1n) is 8.42. The van der Waals surface area contributed by atoms with E-state index in [0.29, 0.717) is 19.0 Å². The van der Waals surface area contributed by atoms with Crippen LogP contribution in [0, 0.1) is 0 Å². The summed E-state index contributed by atoms with van der Waals surface area (Å²) in [7, 11) is 0. The fourth-order valence-electron chi connectivity index (χ4n) is 2.65. The molecule has 132 valence electrons. The Kier molecular flexibility index (Phi) is 5.96. The number of carbonyl (C=O) groups is 1. The van der Waals surface area contributed by atoms with Crippen molar-refractivity contribution >= 4 is 5.91 Å². The molecule has 1 amide bonds. The topological polar surface area (TPSA) is 77.2 Å². The predicted octanol–water partition coefficient (Wildman–Crippen LogP) is 2.98. The van der Waals surface area contributed by atoms with Gasteiger partial charge in [0, 0.05) is 18.3 Å². The van der Waals surface area contributed by atoms with Gasteiger partial charge in [0.25, 0.3) is 0 Å². The molecular formula is C21H21N3O2. The van der Waals surface area contributed by atoms with E-state index in [1.807, 2.05) is 72.8 Å². The quantitative estimate of drug-likeness (QED) is 0.657. The Hall–Kier alpha value is -3.18. The third-order valence-corrected chi connectivity index (χ3v) is 3.98. The standard InChI is InChI=1S/C21H21N3O2/c22-20(25)19(17-10-5-2-6-11-17)24-14-18-12-7-13-23-21(18)26-15-16-8-3-1-4-9-16/h1-13,19,24H,14-15H2,(H2,22,25)/t19-/m0/s1. The number of nitrogens with two attached hydrogens (primary N) is 1. The van der Waals surface area contributed by atoms with Crippen LogP contribution in [-0.2, 0) is 17.9 Å². The summed E-state index contributed by atoms with van der Waals surface area (Å²) in [5.41, 5.74) is 8.32. The first kappa shape index (κ1) is 17.6. The molecule has 0 unspecified atom stereocenters. The molecule has 0 aliphatic heterocycles. The van der Waals surface area contributed by atoms with Crippen LogP contribution in [0.5, 0.6) is 5.88 Å². The molecule has 0 fully saturated rings. The van der Waals surface area contributed by atoms with Crippen molar-refractivity contribution in [2.24, 2.45) is 5.73 Å². The van der Waals surface area contributed by atoms with Crippen LogP contribution in [0.2, 0.25) is 0 Å². The molecule has 5 heteroatoms. The van der Waals surface area contributed by atoms with E-state index in [2.05, 4.69) is 10.3 Å². The molecule has 0 aliphatic carbocycles. The zero-order valence-electron chi connectivity index (χ0n) is 14.3.